The van der Waals surface area contributed by atoms with Crippen molar-refractivity contribution in [2.24, 2.45) is 5.92 Å². The fourth-order valence-corrected chi connectivity index (χ4v) is 3.48. The van der Waals surface area contributed by atoms with Crippen LogP contribution in [0.1, 0.15) is 31.2 Å². The van der Waals surface area contributed by atoms with Gasteiger partial charge in [-0.1, -0.05) is 0 Å². The van der Waals surface area contributed by atoms with Crippen molar-refractivity contribution in [2.45, 2.75) is 38.1 Å². The number of carbonyl (C=O) groups excluding carboxylic acids is 1. The number of nitrogens with zero attached hydrogens (tertiary/aromatic N) is 3. The molecule has 0 spiro atoms. The lowest BCUT2D eigenvalue weighted by Crippen LogP contribution is -2.50. The van der Waals surface area contributed by atoms with Gasteiger partial charge in [-0.25, -0.2) is 0 Å². The van der Waals surface area contributed by atoms with Crippen molar-refractivity contribution in [2.75, 3.05) is 27.2 Å². The minimum atomic E-state index is -0.770. The standard InChI is InChI=1S/C18H27N3O3/c1-20(2)16-9-12-21(13-15(16)4-6-18(23)24)17(22)5-3-14-7-10-19-11-8-14/h7-8,10-11,15-16H,3-6,9,12-13H2,1-2H3,(H,23,24)/t15-,16+/m0/s1. The largest absolute Gasteiger partial charge is 0.481 e. The van der Waals surface area contributed by atoms with Crippen LogP contribution in [-0.2, 0) is 16.0 Å². The van der Waals surface area contributed by atoms with Gasteiger partial charge in [0.2, 0.25) is 5.91 Å². The van der Waals surface area contributed by atoms with E-state index in [2.05, 4.69) is 9.88 Å². The summed E-state index contributed by atoms with van der Waals surface area (Å²) in [6.07, 6.45) is 6.37. The lowest BCUT2D eigenvalue weighted by atomic mass is 9.87. The first-order valence-electron chi connectivity index (χ1n) is 8.52. The maximum absolute atomic E-state index is 12.5. The van der Waals surface area contributed by atoms with Crippen molar-refractivity contribution < 1.29 is 14.7 Å². The van der Waals surface area contributed by atoms with Crippen molar-refractivity contribution in [3.63, 3.8) is 0 Å². The Labute approximate surface area is 143 Å². The van der Waals surface area contributed by atoms with E-state index in [4.69, 9.17) is 5.11 Å². The van der Waals surface area contributed by atoms with E-state index in [-0.39, 0.29) is 18.2 Å². The highest BCUT2D eigenvalue weighted by atomic mass is 16.4. The second-order valence-corrected chi connectivity index (χ2v) is 6.71. The fraction of sp³-hybridized carbons (Fsp3) is 0.611. The Morgan fingerprint density at radius 1 is 1.29 bits per heavy atom. The molecule has 0 radical (unpaired) electrons. The number of hydrogen-bond acceptors (Lipinski definition) is 4. The highest BCUT2D eigenvalue weighted by Crippen LogP contribution is 2.25. The van der Waals surface area contributed by atoms with Gasteiger partial charge in [-0.3, -0.25) is 14.6 Å². The molecule has 1 aliphatic heterocycles. The first-order chi connectivity index (χ1) is 11.5. The molecule has 1 saturated heterocycles. The quantitative estimate of drug-likeness (QED) is 0.821. The molecular formula is C18H27N3O3. The molecule has 2 atom stereocenters. The van der Waals surface area contributed by atoms with Crippen LogP contribution in [0.2, 0.25) is 0 Å². The number of rotatable bonds is 7. The van der Waals surface area contributed by atoms with Crippen molar-refractivity contribution in [3.05, 3.63) is 30.1 Å². The zero-order valence-electron chi connectivity index (χ0n) is 14.5. The average Bonchev–Trinajstić information content (AvgIpc) is 2.58. The van der Waals surface area contributed by atoms with Crippen LogP contribution in [0.25, 0.3) is 0 Å². The van der Waals surface area contributed by atoms with E-state index in [0.29, 0.717) is 25.4 Å². The van der Waals surface area contributed by atoms with Gasteiger partial charge in [0.15, 0.2) is 0 Å². The number of hydrogen-bond donors (Lipinski definition) is 1. The van der Waals surface area contributed by atoms with Crippen molar-refractivity contribution in [1.29, 1.82) is 0 Å². The molecule has 0 bridgehead atoms. The molecule has 1 N–H and O–H groups in total. The van der Waals surface area contributed by atoms with Gasteiger partial charge in [0, 0.05) is 44.4 Å². The number of piperidine rings is 1. The van der Waals surface area contributed by atoms with Gasteiger partial charge in [0.1, 0.15) is 0 Å². The first-order valence-corrected chi connectivity index (χ1v) is 8.52. The van der Waals surface area contributed by atoms with Crippen LogP contribution in [0.3, 0.4) is 0 Å². The van der Waals surface area contributed by atoms with Gasteiger partial charge in [-0.15, -0.1) is 0 Å². The fourth-order valence-electron chi connectivity index (χ4n) is 3.48. The molecule has 132 valence electrons. The van der Waals surface area contributed by atoms with Crippen LogP contribution >= 0.6 is 0 Å². The van der Waals surface area contributed by atoms with Crippen molar-refractivity contribution in [1.82, 2.24) is 14.8 Å². The highest BCUT2D eigenvalue weighted by molar-refractivity contribution is 5.76. The van der Waals surface area contributed by atoms with E-state index in [9.17, 15) is 9.59 Å². The lowest BCUT2D eigenvalue weighted by molar-refractivity contribution is -0.137. The maximum Gasteiger partial charge on any atom is 0.303 e. The van der Waals surface area contributed by atoms with Crippen LogP contribution < -0.4 is 0 Å². The highest BCUT2D eigenvalue weighted by Gasteiger charge is 2.32. The molecule has 1 amide bonds. The second-order valence-electron chi connectivity index (χ2n) is 6.71. The predicted octanol–water partition coefficient (Wildman–Crippen LogP) is 1.66. The molecule has 0 aliphatic carbocycles. The Morgan fingerprint density at radius 3 is 2.62 bits per heavy atom. The smallest absolute Gasteiger partial charge is 0.303 e. The molecule has 0 aromatic carbocycles. The zero-order valence-corrected chi connectivity index (χ0v) is 14.5. The number of carboxylic acids is 1. The summed E-state index contributed by atoms with van der Waals surface area (Å²) >= 11 is 0. The Balaban J connectivity index is 1.90. The number of aryl methyl sites for hydroxylation is 1. The van der Waals surface area contributed by atoms with E-state index in [1.54, 1.807) is 12.4 Å². The molecule has 0 unspecified atom stereocenters. The molecule has 6 heteroatoms. The van der Waals surface area contributed by atoms with Gasteiger partial charge < -0.3 is 14.9 Å². The Morgan fingerprint density at radius 2 is 2.00 bits per heavy atom. The van der Waals surface area contributed by atoms with Crippen LogP contribution in [0.5, 0.6) is 0 Å². The molecule has 2 rings (SSSR count). The van der Waals surface area contributed by atoms with E-state index < -0.39 is 5.97 Å². The van der Waals surface area contributed by atoms with E-state index >= 15 is 0 Å². The second kappa shape index (κ2) is 8.78. The molecule has 6 nitrogen and oxygen atoms in total. The van der Waals surface area contributed by atoms with Crippen molar-refractivity contribution >= 4 is 11.9 Å². The third kappa shape index (κ3) is 5.30. The predicted molar refractivity (Wildman–Crippen MR) is 91.6 cm³/mol. The number of carboxylic acid groups (broad SMARTS) is 1. The minimum absolute atomic E-state index is 0.157. The Hall–Kier alpha value is -1.95. The van der Waals surface area contributed by atoms with Crippen LogP contribution in [0, 0.1) is 5.92 Å². The summed E-state index contributed by atoms with van der Waals surface area (Å²) in [7, 11) is 4.05. The summed E-state index contributed by atoms with van der Waals surface area (Å²) in [6.45, 7) is 1.41. The third-order valence-corrected chi connectivity index (χ3v) is 4.82. The minimum Gasteiger partial charge on any atom is -0.481 e. The Kier molecular flexibility index (Phi) is 6.73. The molecule has 1 aliphatic rings. The van der Waals surface area contributed by atoms with Crippen LogP contribution in [0.4, 0.5) is 0 Å². The van der Waals surface area contributed by atoms with Gasteiger partial charge >= 0.3 is 5.97 Å². The summed E-state index contributed by atoms with van der Waals surface area (Å²) in [6, 6.07) is 4.20. The van der Waals surface area contributed by atoms with Gasteiger partial charge in [0.25, 0.3) is 0 Å². The number of pyridine rings is 1. The van der Waals surface area contributed by atoms with E-state index in [0.717, 1.165) is 24.9 Å². The summed E-state index contributed by atoms with van der Waals surface area (Å²) in [4.78, 5) is 31.5. The average molecular weight is 333 g/mol. The third-order valence-electron chi connectivity index (χ3n) is 4.82. The number of likely N-dealkylation sites (tertiary alicyclic amines) is 1. The summed E-state index contributed by atoms with van der Waals surface area (Å²) in [5.41, 5.74) is 1.11. The van der Waals surface area contributed by atoms with Crippen LogP contribution in [0.15, 0.2) is 24.5 Å². The number of amides is 1. The molecule has 24 heavy (non-hydrogen) atoms. The molecule has 1 fully saturated rings. The lowest BCUT2D eigenvalue weighted by Gasteiger charge is -2.41. The van der Waals surface area contributed by atoms with Gasteiger partial charge in [-0.05, 0) is 57.0 Å². The molecule has 1 aromatic rings. The molecule has 0 saturated carbocycles. The van der Waals surface area contributed by atoms with Gasteiger partial charge in [0.05, 0.1) is 0 Å². The Bertz CT molecular complexity index is 548. The SMILES string of the molecule is CN(C)[C@@H]1CCN(C(=O)CCc2ccncc2)C[C@@H]1CCC(=O)O. The monoisotopic (exact) mass is 333 g/mol. The van der Waals surface area contributed by atoms with E-state index in [1.807, 2.05) is 31.1 Å². The maximum atomic E-state index is 12.5. The van der Waals surface area contributed by atoms with Crippen LogP contribution in [-0.4, -0.2) is 65.0 Å². The number of carbonyl (C=O) groups is 2. The van der Waals surface area contributed by atoms with Gasteiger partial charge in [-0.2, -0.15) is 0 Å². The van der Waals surface area contributed by atoms with E-state index in [1.165, 1.54) is 0 Å². The first kappa shape index (κ1) is 18.4. The topological polar surface area (TPSA) is 73.7 Å². The molecule has 2 heterocycles. The summed E-state index contributed by atoms with van der Waals surface area (Å²) in [5.74, 6) is -0.396. The number of aromatic nitrogens is 1. The normalized spacial score (nSPS) is 21.0. The summed E-state index contributed by atoms with van der Waals surface area (Å²) in [5, 5.41) is 8.96. The zero-order chi connectivity index (χ0) is 17.5. The molecule has 1 aromatic heterocycles. The summed E-state index contributed by atoms with van der Waals surface area (Å²) < 4.78 is 0. The number of aliphatic carboxylic acids is 1. The molecular weight excluding hydrogens is 306 g/mol. The van der Waals surface area contributed by atoms with Crippen molar-refractivity contribution in [3.8, 4) is 0 Å².